The highest BCUT2D eigenvalue weighted by atomic mass is 16.4. The Morgan fingerprint density at radius 2 is 1.22 bits per heavy atom. The third-order valence-electron chi connectivity index (χ3n) is 5.98. The van der Waals surface area contributed by atoms with Gasteiger partial charge in [0.25, 0.3) is 0 Å². The first kappa shape index (κ1) is 32.2. The molecule has 0 saturated carbocycles. The van der Waals surface area contributed by atoms with Crippen LogP contribution in [0.15, 0.2) is 54.6 Å². The molecule has 14 heteroatoms. The lowest BCUT2D eigenvalue weighted by molar-refractivity contribution is -0.142. The van der Waals surface area contributed by atoms with Crippen LogP contribution in [-0.4, -0.2) is 69.9 Å². The fourth-order valence-corrected chi connectivity index (χ4v) is 3.82. The van der Waals surface area contributed by atoms with Crippen LogP contribution in [0.25, 0.3) is 0 Å². The zero-order chi connectivity index (χ0) is 30.5. The normalized spacial score (nSPS) is 13.6. The average Bonchev–Trinajstić information content (AvgIpc) is 2.91. The lowest BCUT2D eigenvalue weighted by atomic mass is 10.0. The summed E-state index contributed by atoms with van der Waals surface area (Å²) in [7, 11) is 0. The van der Waals surface area contributed by atoms with Crippen LogP contribution in [0.5, 0.6) is 5.75 Å². The second-order valence-electron chi connectivity index (χ2n) is 9.36. The Morgan fingerprint density at radius 1 is 0.683 bits per heavy atom. The molecule has 41 heavy (non-hydrogen) atoms. The van der Waals surface area contributed by atoms with Crippen molar-refractivity contribution in [2.75, 3.05) is 0 Å². The van der Waals surface area contributed by atoms with Crippen molar-refractivity contribution >= 4 is 35.5 Å². The highest BCUT2D eigenvalue weighted by molar-refractivity contribution is 5.96. The Kier molecular flexibility index (Phi) is 12.2. The fourth-order valence-electron chi connectivity index (χ4n) is 3.82. The van der Waals surface area contributed by atoms with Gasteiger partial charge in [0, 0.05) is 12.8 Å². The summed E-state index contributed by atoms with van der Waals surface area (Å²) in [6.45, 7) is 0. The summed E-state index contributed by atoms with van der Waals surface area (Å²) in [6.07, 6.45) is -1.26. The first-order valence-electron chi connectivity index (χ1n) is 12.6. The van der Waals surface area contributed by atoms with E-state index < -0.39 is 66.1 Å². The van der Waals surface area contributed by atoms with Gasteiger partial charge in [-0.3, -0.25) is 24.0 Å². The van der Waals surface area contributed by atoms with E-state index in [1.54, 1.807) is 42.5 Å². The largest absolute Gasteiger partial charge is 0.508 e. The zero-order valence-electron chi connectivity index (χ0n) is 22.1. The quantitative estimate of drug-likeness (QED) is 0.113. The van der Waals surface area contributed by atoms with E-state index in [0.29, 0.717) is 11.1 Å². The molecule has 0 saturated heterocycles. The molecule has 0 aliphatic rings. The number of aromatic hydroxyl groups is 1. The summed E-state index contributed by atoms with van der Waals surface area (Å²) < 4.78 is 0. The standard InChI is InChI=1S/C27H34N6O8/c28-18(12-16-6-8-17(34)9-7-16)24(37)31-19(10-11-22(29)35)25(38)32-20(14-23(30)36)26(39)33-21(27(40)41)13-15-4-2-1-3-5-15/h1-9,18-21,34H,10-14,28H2,(H2,29,35)(H2,30,36)(H,31,37)(H,32,38)(H,33,39)(H,40,41). The van der Waals surface area contributed by atoms with E-state index in [2.05, 4.69) is 16.0 Å². The number of carboxylic acid groups (broad SMARTS) is 1. The molecular formula is C27H34N6O8. The second kappa shape index (κ2) is 15.6. The fraction of sp³-hybridized carbons (Fsp3) is 0.333. The summed E-state index contributed by atoms with van der Waals surface area (Å²) in [5.41, 5.74) is 17.7. The molecule has 0 aliphatic heterocycles. The third kappa shape index (κ3) is 11.3. The molecule has 0 fully saturated rings. The van der Waals surface area contributed by atoms with Crippen LogP contribution in [0.2, 0.25) is 0 Å². The lowest BCUT2D eigenvalue weighted by Gasteiger charge is -2.24. The van der Waals surface area contributed by atoms with Crippen LogP contribution in [0.1, 0.15) is 30.4 Å². The summed E-state index contributed by atoms with van der Waals surface area (Å²) >= 11 is 0. The number of carboxylic acids is 1. The molecule has 0 aliphatic carbocycles. The molecule has 2 aromatic rings. The minimum atomic E-state index is -1.59. The SMILES string of the molecule is NC(=O)CCC(NC(=O)C(N)Cc1ccc(O)cc1)C(=O)NC(CC(N)=O)C(=O)NC(Cc1ccccc1)C(=O)O. The molecule has 2 rings (SSSR count). The van der Waals surface area contributed by atoms with Gasteiger partial charge in [-0.25, -0.2) is 4.79 Å². The number of carbonyl (C=O) groups is 6. The van der Waals surface area contributed by atoms with Gasteiger partial charge in [0.1, 0.15) is 23.9 Å². The number of amides is 5. The number of carbonyl (C=O) groups excluding carboxylic acids is 5. The maximum Gasteiger partial charge on any atom is 0.326 e. The molecule has 4 atom stereocenters. The van der Waals surface area contributed by atoms with Crippen molar-refractivity contribution in [1.82, 2.24) is 16.0 Å². The molecule has 0 bridgehead atoms. The predicted octanol–water partition coefficient (Wildman–Crippen LogP) is -1.82. The van der Waals surface area contributed by atoms with Crippen molar-refractivity contribution in [3.05, 3.63) is 65.7 Å². The predicted molar refractivity (Wildman–Crippen MR) is 146 cm³/mol. The molecule has 0 aromatic heterocycles. The summed E-state index contributed by atoms with van der Waals surface area (Å²) in [4.78, 5) is 73.7. The van der Waals surface area contributed by atoms with Crippen LogP contribution in [0.3, 0.4) is 0 Å². The van der Waals surface area contributed by atoms with Gasteiger partial charge in [-0.1, -0.05) is 42.5 Å². The maximum atomic E-state index is 13.1. The second-order valence-corrected chi connectivity index (χ2v) is 9.36. The van der Waals surface area contributed by atoms with Crippen LogP contribution in [-0.2, 0) is 41.6 Å². The van der Waals surface area contributed by atoms with Gasteiger partial charge in [0.05, 0.1) is 12.5 Å². The number of phenolic OH excluding ortho intramolecular Hbond substituents is 1. The van der Waals surface area contributed by atoms with Crippen molar-refractivity contribution in [3.8, 4) is 5.75 Å². The Balaban J connectivity index is 2.15. The molecule has 14 nitrogen and oxygen atoms in total. The van der Waals surface area contributed by atoms with Crippen molar-refractivity contribution in [3.63, 3.8) is 0 Å². The first-order valence-corrected chi connectivity index (χ1v) is 12.6. The highest BCUT2D eigenvalue weighted by Gasteiger charge is 2.31. The molecule has 220 valence electrons. The number of primary amides is 2. The number of aliphatic carboxylic acids is 1. The van der Waals surface area contributed by atoms with Crippen molar-refractivity contribution < 1.29 is 39.0 Å². The highest BCUT2D eigenvalue weighted by Crippen LogP contribution is 2.11. The molecule has 2 aromatic carbocycles. The monoisotopic (exact) mass is 570 g/mol. The molecule has 0 spiro atoms. The van der Waals surface area contributed by atoms with Crippen molar-refractivity contribution in [2.24, 2.45) is 17.2 Å². The van der Waals surface area contributed by atoms with Gasteiger partial charge in [0.2, 0.25) is 29.5 Å². The summed E-state index contributed by atoms with van der Waals surface area (Å²) in [5.74, 6) is -5.75. The van der Waals surface area contributed by atoms with Gasteiger partial charge in [0.15, 0.2) is 0 Å². The number of nitrogens with two attached hydrogens (primary N) is 3. The first-order chi connectivity index (χ1) is 19.3. The van der Waals surface area contributed by atoms with E-state index in [4.69, 9.17) is 17.2 Å². The van der Waals surface area contributed by atoms with Crippen LogP contribution < -0.4 is 33.2 Å². The molecule has 5 amide bonds. The van der Waals surface area contributed by atoms with Gasteiger partial charge in [-0.2, -0.15) is 0 Å². The molecule has 0 heterocycles. The van der Waals surface area contributed by atoms with E-state index in [0.717, 1.165) is 0 Å². The summed E-state index contributed by atoms with van der Waals surface area (Å²) in [6, 6.07) is 8.96. The number of hydrogen-bond acceptors (Lipinski definition) is 8. The van der Waals surface area contributed by atoms with Crippen LogP contribution in [0, 0.1) is 0 Å². The Bertz CT molecular complexity index is 1240. The zero-order valence-corrected chi connectivity index (χ0v) is 22.1. The number of benzene rings is 2. The van der Waals surface area contributed by atoms with E-state index in [1.807, 2.05) is 0 Å². The Morgan fingerprint density at radius 3 is 1.78 bits per heavy atom. The minimum absolute atomic E-state index is 0.0271. The van der Waals surface area contributed by atoms with Crippen LogP contribution >= 0.6 is 0 Å². The van der Waals surface area contributed by atoms with Gasteiger partial charge in [-0.05, 0) is 36.1 Å². The van der Waals surface area contributed by atoms with Crippen LogP contribution in [0.4, 0.5) is 0 Å². The number of rotatable bonds is 16. The van der Waals surface area contributed by atoms with Gasteiger partial charge >= 0.3 is 5.97 Å². The molecule has 0 radical (unpaired) electrons. The topological polar surface area (TPSA) is 257 Å². The minimum Gasteiger partial charge on any atom is -0.508 e. The van der Waals surface area contributed by atoms with Gasteiger partial charge < -0.3 is 43.4 Å². The average molecular weight is 571 g/mol. The summed E-state index contributed by atoms with van der Waals surface area (Å²) in [5, 5.41) is 26.0. The van der Waals surface area contributed by atoms with E-state index in [-0.39, 0.29) is 31.4 Å². The van der Waals surface area contributed by atoms with E-state index in [9.17, 15) is 39.0 Å². The molecule has 4 unspecified atom stereocenters. The molecular weight excluding hydrogens is 536 g/mol. The van der Waals surface area contributed by atoms with E-state index in [1.165, 1.54) is 12.1 Å². The van der Waals surface area contributed by atoms with Crippen molar-refractivity contribution in [2.45, 2.75) is 56.3 Å². The van der Waals surface area contributed by atoms with E-state index >= 15 is 0 Å². The maximum absolute atomic E-state index is 13.1. The number of hydrogen-bond donors (Lipinski definition) is 8. The third-order valence-corrected chi connectivity index (χ3v) is 5.98. The smallest absolute Gasteiger partial charge is 0.326 e. The Hall–Kier alpha value is -4.98. The Labute approximate surface area is 235 Å². The van der Waals surface area contributed by atoms with Gasteiger partial charge in [-0.15, -0.1) is 0 Å². The molecule has 11 N–H and O–H groups in total. The lowest BCUT2D eigenvalue weighted by Crippen LogP contribution is -2.58. The number of nitrogens with one attached hydrogen (secondary N) is 3. The van der Waals surface area contributed by atoms with Crippen molar-refractivity contribution in [1.29, 1.82) is 0 Å². The number of phenols is 1.